The van der Waals surface area contributed by atoms with Crippen molar-refractivity contribution < 1.29 is 0 Å². The lowest BCUT2D eigenvalue weighted by Gasteiger charge is -2.16. The van der Waals surface area contributed by atoms with Crippen molar-refractivity contribution in [2.45, 2.75) is 33.6 Å². The number of hydrogen-bond donors (Lipinski definition) is 0. The second kappa shape index (κ2) is 7.31. The van der Waals surface area contributed by atoms with Crippen LogP contribution >= 0.6 is 0 Å². The second-order valence-corrected chi connectivity index (χ2v) is 7.41. The van der Waals surface area contributed by atoms with Gasteiger partial charge in [-0.3, -0.25) is 0 Å². The minimum Gasteiger partial charge on any atom is -0.384 e. The third-order valence-electron chi connectivity index (χ3n) is 4.95. The average molecular weight is 332 g/mol. The monoisotopic (exact) mass is 331 g/mol. The van der Waals surface area contributed by atoms with Crippen molar-refractivity contribution in [3.05, 3.63) is 88.1 Å². The van der Waals surface area contributed by atoms with E-state index in [1.165, 1.54) is 34.2 Å². The number of rotatable bonds is 5. The van der Waals surface area contributed by atoms with Crippen LogP contribution in [0.2, 0.25) is 0 Å². The van der Waals surface area contributed by atoms with Crippen molar-refractivity contribution in [2.75, 3.05) is 14.1 Å². The van der Waals surface area contributed by atoms with E-state index in [2.05, 4.69) is 94.5 Å². The minimum atomic E-state index is 0.602. The molecule has 1 atom stereocenters. The Morgan fingerprint density at radius 1 is 0.920 bits per heavy atom. The van der Waals surface area contributed by atoms with Gasteiger partial charge in [0.2, 0.25) is 0 Å². The fraction of sp³-hybridized carbons (Fsp3) is 0.333. The van der Waals surface area contributed by atoms with E-state index in [9.17, 15) is 0 Å². The maximum Gasteiger partial charge on any atom is 0.00720 e. The summed E-state index contributed by atoms with van der Waals surface area (Å²) in [6, 6.07) is 18.0. The van der Waals surface area contributed by atoms with Crippen LogP contribution in [0.1, 0.15) is 42.0 Å². The lowest BCUT2D eigenvalue weighted by molar-refractivity contribution is 0.561. The highest BCUT2D eigenvalue weighted by Gasteiger charge is 2.34. The van der Waals surface area contributed by atoms with E-state index in [0.717, 1.165) is 6.42 Å². The van der Waals surface area contributed by atoms with Gasteiger partial charge in [0.15, 0.2) is 0 Å². The third kappa shape index (κ3) is 4.04. The summed E-state index contributed by atoms with van der Waals surface area (Å²) in [7, 11) is 4.22. The Hall–Kier alpha value is -2.28. The molecule has 1 unspecified atom stereocenters. The molecule has 2 aromatic rings. The summed E-state index contributed by atoms with van der Waals surface area (Å²) in [4.78, 5) is 2.17. The van der Waals surface area contributed by atoms with Crippen LogP contribution < -0.4 is 0 Å². The summed E-state index contributed by atoms with van der Waals surface area (Å²) in [6.45, 7) is 6.60. The maximum absolute atomic E-state index is 2.29. The predicted molar refractivity (Wildman–Crippen MR) is 109 cm³/mol. The smallest absolute Gasteiger partial charge is 0.00720 e. The molecule has 3 rings (SSSR count). The summed E-state index contributed by atoms with van der Waals surface area (Å²) < 4.78 is 0. The lowest BCUT2D eigenvalue weighted by Crippen LogP contribution is -2.01. The van der Waals surface area contributed by atoms with Crippen LogP contribution in [0.25, 0.3) is 5.57 Å². The Balaban J connectivity index is 2.12. The zero-order chi connectivity index (χ0) is 18.0. The summed E-state index contributed by atoms with van der Waals surface area (Å²) in [6.07, 6.45) is 4.58. The summed E-state index contributed by atoms with van der Waals surface area (Å²) in [5.74, 6) is 0.602. The van der Waals surface area contributed by atoms with Crippen molar-refractivity contribution in [3.63, 3.8) is 0 Å². The highest BCUT2D eigenvalue weighted by atomic mass is 15.0. The quantitative estimate of drug-likeness (QED) is 0.651. The molecule has 0 saturated heterocycles. The van der Waals surface area contributed by atoms with Gasteiger partial charge in [-0.05, 0) is 55.2 Å². The van der Waals surface area contributed by atoms with Crippen molar-refractivity contribution in [1.29, 1.82) is 0 Å². The van der Waals surface area contributed by atoms with Crippen LogP contribution in [0.3, 0.4) is 0 Å². The molecule has 0 aromatic heterocycles. The molecule has 1 saturated carbocycles. The van der Waals surface area contributed by atoms with Crippen LogP contribution in [-0.4, -0.2) is 19.0 Å². The van der Waals surface area contributed by atoms with Crippen LogP contribution in [0.5, 0.6) is 0 Å². The molecule has 1 aliphatic rings. The Labute approximate surface area is 152 Å². The standard InChI is InChI=1S/C24H29N/c1-6-22(23-15-21(23)16-25(4)5)24(19-11-7-17(2)8-12-19)20-13-9-18(3)10-14-20/h7-14,16,23H,6,15H2,1-5H3/b21-16+. The third-order valence-corrected chi connectivity index (χ3v) is 4.95. The molecule has 25 heavy (non-hydrogen) atoms. The largest absolute Gasteiger partial charge is 0.384 e. The molecule has 0 bridgehead atoms. The Morgan fingerprint density at radius 3 is 1.80 bits per heavy atom. The second-order valence-electron chi connectivity index (χ2n) is 7.41. The van der Waals surface area contributed by atoms with Gasteiger partial charge in [0.1, 0.15) is 0 Å². The molecule has 130 valence electrons. The van der Waals surface area contributed by atoms with E-state index in [1.54, 1.807) is 11.1 Å². The molecule has 1 fully saturated rings. The lowest BCUT2D eigenvalue weighted by atomic mass is 9.88. The van der Waals surface area contributed by atoms with Crippen molar-refractivity contribution in [1.82, 2.24) is 4.90 Å². The van der Waals surface area contributed by atoms with E-state index in [-0.39, 0.29) is 0 Å². The van der Waals surface area contributed by atoms with E-state index >= 15 is 0 Å². The van der Waals surface area contributed by atoms with Crippen molar-refractivity contribution in [3.8, 4) is 0 Å². The predicted octanol–water partition coefficient (Wildman–Crippen LogP) is 5.98. The van der Waals surface area contributed by atoms with Gasteiger partial charge in [-0.15, -0.1) is 0 Å². The van der Waals surface area contributed by atoms with Gasteiger partial charge < -0.3 is 4.90 Å². The first kappa shape index (κ1) is 17.5. The van der Waals surface area contributed by atoms with Gasteiger partial charge in [0.05, 0.1) is 0 Å². The number of allylic oxidation sites excluding steroid dienone is 2. The molecule has 0 spiro atoms. The normalized spacial score (nSPS) is 17.5. The number of aryl methyl sites for hydroxylation is 2. The molecule has 0 aliphatic heterocycles. The number of benzene rings is 2. The Bertz CT molecular complexity index is 741. The molecule has 1 aliphatic carbocycles. The van der Waals surface area contributed by atoms with Crippen LogP contribution in [0.15, 0.2) is 65.9 Å². The molecule has 1 nitrogen and oxygen atoms in total. The van der Waals surface area contributed by atoms with Crippen LogP contribution in [0.4, 0.5) is 0 Å². The highest BCUT2D eigenvalue weighted by Crippen LogP contribution is 2.48. The fourth-order valence-corrected chi connectivity index (χ4v) is 3.57. The summed E-state index contributed by atoms with van der Waals surface area (Å²) in [5.41, 5.74) is 9.84. The zero-order valence-electron chi connectivity index (χ0n) is 16.1. The maximum atomic E-state index is 2.29. The molecule has 0 radical (unpaired) electrons. The first-order chi connectivity index (χ1) is 12.0. The first-order valence-electron chi connectivity index (χ1n) is 9.23. The molecule has 0 amide bonds. The summed E-state index contributed by atoms with van der Waals surface area (Å²) >= 11 is 0. The molecular weight excluding hydrogens is 302 g/mol. The van der Waals surface area contributed by atoms with Gasteiger partial charge in [0, 0.05) is 20.0 Å². The van der Waals surface area contributed by atoms with Gasteiger partial charge in [0.25, 0.3) is 0 Å². The van der Waals surface area contributed by atoms with Crippen LogP contribution in [-0.2, 0) is 0 Å². The number of nitrogens with zero attached hydrogens (tertiary/aromatic N) is 1. The van der Waals surface area contributed by atoms with Gasteiger partial charge in [-0.2, -0.15) is 0 Å². The average Bonchev–Trinajstić information content (AvgIpc) is 3.32. The number of hydrogen-bond acceptors (Lipinski definition) is 1. The highest BCUT2D eigenvalue weighted by molar-refractivity contribution is 5.83. The molecule has 2 aromatic carbocycles. The minimum absolute atomic E-state index is 0.602. The van der Waals surface area contributed by atoms with E-state index < -0.39 is 0 Å². The van der Waals surface area contributed by atoms with Crippen molar-refractivity contribution in [2.24, 2.45) is 5.92 Å². The summed E-state index contributed by atoms with van der Waals surface area (Å²) in [5, 5.41) is 0. The van der Waals surface area contributed by atoms with Gasteiger partial charge in [-0.1, -0.05) is 72.2 Å². The van der Waals surface area contributed by atoms with E-state index in [1.807, 2.05) is 0 Å². The first-order valence-corrected chi connectivity index (χ1v) is 9.23. The molecular formula is C24H29N. The fourth-order valence-electron chi connectivity index (χ4n) is 3.57. The van der Waals surface area contributed by atoms with E-state index in [4.69, 9.17) is 0 Å². The SMILES string of the molecule is CCC(=C(c1ccc(C)cc1)c1ccc(C)cc1)C1C/C1=C\N(C)C. The van der Waals surface area contributed by atoms with Gasteiger partial charge in [-0.25, -0.2) is 0 Å². The van der Waals surface area contributed by atoms with E-state index in [0.29, 0.717) is 5.92 Å². The Kier molecular flexibility index (Phi) is 5.13. The Morgan fingerprint density at radius 2 is 1.40 bits per heavy atom. The van der Waals surface area contributed by atoms with Gasteiger partial charge >= 0.3 is 0 Å². The topological polar surface area (TPSA) is 3.24 Å². The zero-order valence-corrected chi connectivity index (χ0v) is 16.1. The van der Waals surface area contributed by atoms with Crippen molar-refractivity contribution >= 4 is 5.57 Å². The molecule has 0 N–H and O–H groups in total. The van der Waals surface area contributed by atoms with Crippen LogP contribution in [0, 0.1) is 19.8 Å². The molecule has 1 heteroatoms. The molecule has 0 heterocycles.